The summed E-state index contributed by atoms with van der Waals surface area (Å²) in [4.78, 5) is 29.7. The van der Waals surface area contributed by atoms with Crippen molar-refractivity contribution >= 4 is 23.2 Å². The van der Waals surface area contributed by atoms with Crippen molar-refractivity contribution in [2.24, 2.45) is 0 Å². The molecule has 0 saturated carbocycles. The van der Waals surface area contributed by atoms with Crippen LogP contribution in [0.5, 0.6) is 11.5 Å². The number of piperazine rings is 1. The average Bonchev–Trinajstić information content (AvgIpc) is 2.91. The molecule has 1 aliphatic heterocycles. The van der Waals surface area contributed by atoms with E-state index in [0.717, 1.165) is 0 Å². The number of para-hydroxylation sites is 2. The molecule has 0 radical (unpaired) electrons. The number of amides is 1. The Hall–Kier alpha value is -4.10. The van der Waals surface area contributed by atoms with Crippen molar-refractivity contribution in [3.05, 3.63) is 112 Å². The predicted molar refractivity (Wildman–Crippen MR) is 136 cm³/mol. The van der Waals surface area contributed by atoms with E-state index in [2.05, 4.69) is 5.10 Å². The minimum absolute atomic E-state index is 0.0631. The second kappa shape index (κ2) is 10.0. The van der Waals surface area contributed by atoms with E-state index in [1.54, 1.807) is 35.4 Å². The fourth-order valence-corrected chi connectivity index (χ4v) is 4.30. The zero-order valence-electron chi connectivity index (χ0n) is 18.9. The minimum atomic E-state index is -0.371. The number of nitrogens with zero attached hydrogens (tertiary/aromatic N) is 4. The Bertz CT molecular complexity index is 1380. The van der Waals surface area contributed by atoms with E-state index in [9.17, 15) is 9.59 Å². The SMILES string of the molecule is O=C(c1cccc(Oc2ccccc2)c1)N1CCN(c2cnn(-c3ccccc3)c(=O)c2Cl)CC1. The van der Waals surface area contributed by atoms with Crippen LogP contribution in [0.2, 0.25) is 5.02 Å². The molecule has 0 aliphatic carbocycles. The largest absolute Gasteiger partial charge is 0.457 e. The maximum absolute atomic E-state index is 13.1. The second-order valence-electron chi connectivity index (χ2n) is 8.12. The first kappa shape index (κ1) is 22.7. The lowest BCUT2D eigenvalue weighted by atomic mass is 10.1. The molecular formula is C27H23ClN4O3. The normalized spacial score (nSPS) is 13.5. The van der Waals surface area contributed by atoms with Crippen LogP contribution in [-0.2, 0) is 0 Å². The topological polar surface area (TPSA) is 67.7 Å². The van der Waals surface area contributed by atoms with Crippen LogP contribution in [0.25, 0.3) is 5.69 Å². The molecule has 1 fully saturated rings. The van der Waals surface area contributed by atoms with Gasteiger partial charge in [-0.1, -0.05) is 54.1 Å². The summed E-state index contributed by atoms with van der Waals surface area (Å²) in [5.41, 5.74) is 1.43. The van der Waals surface area contributed by atoms with E-state index >= 15 is 0 Å². The van der Waals surface area contributed by atoms with Crippen LogP contribution in [0.4, 0.5) is 5.69 Å². The molecule has 2 heterocycles. The number of ether oxygens (including phenoxy) is 1. The zero-order chi connectivity index (χ0) is 24.2. The van der Waals surface area contributed by atoms with Gasteiger partial charge in [0, 0.05) is 31.7 Å². The van der Waals surface area contributed by atoms with Crippen LogP contribution < -0.4 is 15.2 Å². The molecule has 1 aromatic heterocycles. The fraction of sp³-hybridized carbons (Fsp3) is 0.148. The third-order valence-electron chi connectivity index (χ3n) is 5.87. The monoisotopic (exact) mass is 486 g/mol. The number of hydrogen-bond donors (Lipinski definition) is 0. The maximum atomic E-state index is 13.1. The maximum Gasteiger partial charge on any atom is 0.292 e. The number of carbonyl (C=O) groups excluding carboxylic acids is 1. The molecule has 1 aliphatic rings. The molecule has 0 atom stereocenters. The summed E-state index contributed by atoms with van der Waals surface area (Å²) in [6, 6.07) is 25.8. The molecule has 35 heavy (non-hydrogen) atoms. The molecular weight excluding hydrogens is 464 g/mol. The summed E-state index contributed by atoms with van der Waals surface area (Å²) in [6.07, 6.45) is 1.61. The molecule has 3 aromatic carbocycles. The van der Waals surface area contributed by atoms with Gasteiger partial charge in [-0.2, -0.15) is 9.78 Å². The van der Waals surface area contributed by atoms with E-state index in [1.165, 1.54) is 4.68 Å². The molecule has 5 rings (SSSR count). The van der Waals surface area contributed by atoms with Gasteiger partial charge in [0.05, 0.1) is 17.6 Å². The fourth-order valence-electron chi connectivity index (χ4n) is 4.05. The number of halogens is 1. The molecule has 176 valence electrons. The predicted octanol–water partition coefficient (Wildman–Crippen LogP) is 4.64. The van der Waals surface area contributed by atoms with E-state index in [1.807, 2.05) is 65.6 Å². The standard InChI is InChI=1S/C27H23ClN4O3/c28-25-24(19-29-32(27(25)34)21-9-3-1-4-10-21)30-14-16-31(17-15-30)26(33)20-8-7-13-23(18-20)35-22-11-5-2-6-12-22/h1-13,18-19H,14-17H2. The molecule has 8 heteroatoms. The van der Waals surface area contributed by atoms with Gasteiger partial charge in [-0.25, -0.2) is 0 Å². The first-order valence-corrected chi connectivity index (χ1v) is 11.7. The van der Waals surface area contributed by atoms with E-state index in [0.29, 0.717) is 54.6 Å². The van der Waals surface area contributed by atoms with Crippen LogP contribution in [0.1, 0.15) is 10.4 Å². The first-order valence-electron chi connectivity index (χ1n) is 11.3. The highest BCUT2D eigenvalue weighted by Crippen LogP contribution is 2.25. The highest BCUT2D eigenvalue weighted by molar-refractivity contribution is 6.33. The third-order valence-corrected chi connectivity index (χ3v) is 6.22. The van der Waals surface area contributed by atoms with Crippen LogP contribution in [0.3, 0.4) is 0 Å². The summed E-state index contributed by atoms with van der Waals surface area (Å²) in [7, 11) is 0. The van der Waals surface area contributed by atoms with Crippen molar-refractivity contribution in [1.82, 2.24) is 14.7 Å². The van der Waals surface area contributed by atoms with Crippen LogP contribution in [-0.4, -0.2) is 46.8 Å². The molecule has 0 unspecified atom stereocenters. The summed E-state index contributed by atoms with van der Waals surface area (Å²) < 4.78 is 7.15. The summed E-state index contributed by atoms with van der Waals surface area (Å²) in [5.74, 6) is 1.26. The zero-order valence-corrected chi connectivity index (χ0v) is 19.6. The van der Waals surface area contributed by atoms with Crippen molar-refractivity contribution in [3.63, 3.8) is 0 Å². The molecule has 0 spiro atoms. The van der Waals surface area contributed by atoms with Crippen molar-refractivity contribution in [2.75, 3.05) is 31.1 Å². The first-order chi connectivity index (χ1) is 17.1. The van der Waals surface area contributed by atoms with Gasteiger partial charge in [-0.05, 0) is 42.5 Å². The molecule has 0 N–H and O–H groups in total. The quantitative estimate of drug-likeness (QED) is 0.411. The third kappa shape index (κ3) is 4.90. The molecule has 4 aromatic rings. The van der Waals surface area contributed by atoms with Gasteiger partial charge in [0.15, 0.2) is 0 Å². The molecule has 1 amide bonds. The lowest BCUT2D eigenvalue weighted by Crippen LogP contribution is -2.49. The summed E-state index contributed by atoms with van der Waals surface area (Å²) >= 11 is 6.45. The lowest BCUT2D eigenvalue weighted by molar-refractivity contribution is 0.0746. The lowest BCUT2D eigenvalue weighted by Gasteiger charge is -2.36. The van der Waals surface area contributed by atoms with Crippen molar-refractivity contribution in [3.8, 4) is 17.2 Å². The van der Waals surface area contributed by atoms with E-state index in [4.69, 9.17) is 16.3 Å². The van der Waals surface area contributed by atoms with Gasteiger partial charge in [-0.3, -0.25) is 9.59 Å². The van der Waals surface area contributed by atoms with Gasteiger partial charge < -0.3 is 14.5 Å². The highest BCUT2D eigenvalue weighted by Gasteiger charge is 2.25. The number of aromatic nitrogens is 2. The summed E-state index contributed by atoms with van der Waals surface area (Å²) in [6.45, 7) is 2.09. The number of hydrogen-bond acceptors (Lipinski definition) is 5. The number of benzene rings is 3. The number of carbonyl (C=O) groups is 1. The number of anilines is 1. The van der Waals surface area contributed by atoms with Crippen LogP contribution in [0, 0.1) is 0 Å². The minimum Gasteiger partial charge on any atom is -0.457 e. The van der Waals surface area contributed by atoms with E-state index in [-0.39, 0.29) is 16.5 Å². The van der Waals surface area contributed by atoms with Gasteiger partial charge in [0.25, 0.3) is 11.5 Å². The Morgan fingerprint density at radius 3 is 2.20 bits per heavy atom. The molecule has 7 nitrogen and oxygen atoms in total. The van der Waals surface area contributed by atoms with Crippen molar-refractivity contribution < 1.29 is 9.53 Å². The van der Waals surface area contributed by atoms with Crippen molar-refractivity contribution in [1.29, 1.82) is 0 Å². The van der Waals surface area contributed by atoms with Crippen LogP contribution >= 0.6 is 11.6 Å². The average molecular weight is 487 g/mol. The Morgan fingerprint density at radius 1 is 0.829 bits per heavy atom. The van der Waals surface area contributed by atoms with Gasteiger partial charge in [-0.15, -0.1) is 0 Å². The number of rotatable bonds is 5. The Labute approximate surface area is 207 Å². The van der Waals surface area contributed by atoms with Gasteiger partial charge in [0.1, 0.15) is 16.5 Å². The Kier molecular flexibility index (Phi) is 6.50. The smallest absolute Gasteiger partial charge is 0.292 e. The summed E-state index contributed by atoms with van der Waals surface area (Å²) in [5, 5.41) is 4.43. The van der Waals surface area contributed by atoms with Gasteiger partial charge >= 0.3 is 0 Å². The Morgan fingerprint density at radius 2 is 1.49 bits per heavy atom. The van der Waals surface area contributed by atoms with Crippen molar-refractivity contribution in [2.45, 2.75) is 0 Å². The highest BCUT2D eigenvalue weighted by atomic mass is 35.5. The van der Waals surface area contributed by atoms with Gasteiger partial charge in [0.2, 0.25) is 0 Å². The molecule has 0 bridgehead atoms. The van der Waals surface area contributed by atoms with E-state index < -0.39 is 0 Å². The molecule has 1 saturated heterocycles. The second-order valence-corrected chi connectivity index (χ2v) is 8.50. The van der Waals surface area contributed by atoms with Crippen LogP contribution in [0.15, 0.2) is 95.9 Å². The Balaban J connectivity index is 1.26.